The summed E-state index contributed by atoms with van der Waals surface area (Å²) in [4.78, 5) is 38.2. The molecule has 1 aliphatic heterocycles. The topological polar surface area (TPSA) is 75.7 Å². The summed E-state index contributed by atoms with van der Waals surface area (Å²) >= 11 is 5.87. The predicted octanol–water partition coefficient (Wildman–Crippen LogP) is 3.12. The van der Waals surface area contributed by atoms with E-state index in [0.717, 1.165) is 0 Å². The number of esters is 1. The fourth-order valence-electron chi connectivity index (χ4n) is 2.87. The Kier molecular flexibility index (Phi) is 5.23. The van der Waals surface area contributed by atoms with Gasteiger partial charge in [0.15, 0.2) is 0 Å². The quantitative estimate of drug-likeness (QED) is 0.837. The first-order valence-corrected chi connectivity index (χ1v) is 8.41. The van der Waals surface area contributed by atoms with Crippen LogP contribution in [0.3, 0.4) is 0 Å². The van der Waals surface area contributed by atoms with Crippen LogP contribution in [0.1, 0.15) is 16.8 Å². The van der Waals surface area contributed by atoms with Gasteiger partial charge in [0, 0.05) is 23.7 Å². The summed E-state index contributed by atoms with van der Waals surface area (Å²) in [6.45, 7) is 0.271. The van der Waals surface area contributed by atoms with E-state index in [2.05, 4.69) is 5.32 Å². The first-order chi connectivity index (χ1) is 12.5. The number of benzene rings is 2. The van der Waals surface area contributed by atoms with Crippen molar-refractivity contribution in [3.63, 3.8) is 0 Å². The molecule has 134 valence electrons. The second-order valence-corrected chi connectivity index (χ2v) is 6.34. The lowest BCUT2D eigenvalue weighted by atomic mass is 10.1. The van der Waals surface area contributed by atoms with Gasteiger partial charge in [0.1, 0.15) is 0 Å². The van der Waals surface area contributed by atoms with E-state index in [9.17, 15) is 14.4 Å². The minimum atomic E-state index is -0.536. The molecule has 1 heterocycles. The summed E-state index contributed by atoms with van der Waals surface area (Å²) in [7, 11) is 1.28. The SMILES string of the molecule is COC(=O)c1ccccc1NC(=O)[C@H]1CC(=O)N(c2ccc(Cl)cc2)C1. The molecule has 1 fully saturated rings. The number of carbonyl (C=O) groups is 3. The van der Waals surface area contributed by atoms with Crippen LogP contribution in [0.25, 0.3) is 0 Å². The Morgan fingerprint density at radius 2 is 1.85 bits per heavy atom. The fourth-order valence-corrected chi connectivity index (χ4v) is 2.99. The number of rotatable bonds is 4. The standard InChI is InChI=1S/C19H17ClN2O4/c1-26-19(25)15-4-2-3-5-16(15)21-18(24)12-10-17(23)22(11-12)14-8-6-13(20)7-9-14/h2-9,12H,10-11H2,1H3,(H,21,24)/t12-/m0/s1. The van der Waals surface area contributed by atoms with E-state index in [0.29, 0.717) is 16.4 Å². The number of carbonyl (C=O) groups excluding carboxylic acids is 3. The van der Waals surface area contributed by atoms with Crippen LogP contribution in [0.2, 0.25) is 5.02 Å². The summed E-state index contributed by atoms with van der Waals surface area (Å²) in [5, 5.41) is 3.31. The van der Waals surface area contributed by atoms with Crippen LogP contribution in [0.15, 0.2) is 48.5 Å². The molecule has 0 aliphatic carbocycles. The fraction of sp³-hybridized carbons (Fsp3) is 0.211. The highest BCUT2D eigenvalue weighted by molar-refractivity contribution is 6.30. The summed E-state index contributed by atoms with van der Waals surface area (Å²) in [6.07, 6.45) is 0.106. The zero-order chi connectivity index (χ0) is 18.7. The van der Waals surface area contributed by atoms with Crippen molar-refractivity contribution in [3.05, 3.63) is 59.1 Å². The van der Waals surface area contributed by atoms with E-state index < -0.39 is 11.9 Å². The molecule has 7 heteroatoms. The molecule has 0 unspecified atom stereocenters. The first kappa shape index (κ1) is 17.9. The van der Waals surface area contributed by atoms with Gasteiger partial charge in [-0.25, -0.2) is 4.79 Å². The molecule has 1 N–H and O–H groups in total. The molecule has 2 aromatic rings. The third-order valence-electron chi connectivity index (χ3n) is 4.22. The molecule has 26 heavy (non-hydrogen) atoms. The van der Waals surface area contributed by atoms with Crippen molar-refractivity contribution < 1.29 is 19.1 Å². The van der Waals surface area contributed by atoms with Gasteiger partial charge in [-0.15, -0.1) is 0 Å². The molecule has 3 rings (SSSR count). The number of ether oxygens (including phenoxy) is 1. The molecule has 2 aromatic carbocycles. The Balaban J connectivity index is 1.73. The van der Waals surface area contributed by atoms with E-state index in [-0.39, 0.29) is 30.3 Å². The summed E-state index contributed by atoms with van der Waals surface area (Å²) < 4.78 is 4.72. The number of nitrogens with zero attached hydrogens (tertiary/aromatic N) is 1. The van der Waals surface area contributed by atoms with Gasteiger partial charge in [-0.05, 0) is 36.4 Å². The lowest BCUT2D eigenvalue weighted by Crippen LogP contribution is -2.28. The summed E-state index contributed by atoms with van der Waals surface area (Å²) in [5.74, 6) is -1.49. The molecule has 1 saturated heterocycles. The van der Waals surface area contributed by atoms with Gasteiger partial charge in [-0.1, -0.05) is 23.7 Å². The summed E-state index contributed by atoms with van der Waals surface area (Å²) in [5.41, 5.74) is 1.33. The third kappa shape index (κ3) is 3.70. The largest absolute Gasteiger partial charge is 0.465 e. The Hall–Kier alpha value is -2.86. The van der Waals surface area contributed by atoms with Crippen LogP contribution in [-0.2, 0) is 14.3 Å². The number of hydrogen-bond acceptors (Lipinski definition) is 4. The van der Waals surface area contributed by atoms with Gasteiger partial charge in [0.05, 0.1) is 24.3 Å². The highest BCUT2D eigenvalue weighted by Gasteiger charge is 2.35. The van der Waals surface area contributed by atoms with E-state index in [1.165, 1.54) is 7.11 Å². The molecule has 0 bridgehead atoms. The smallest absolute Gasteiger partial charge is 0.339 e. The second-order valence-electron chi connectivity index (χ2n) is 5.91. The van der Waals surface area contributed by atoms with Crippen molar-refractivity contribution in [1.29, 1.82) is 0 Å². The maximum atomic E-state index is 12.6. The molecular formula is C19H17ClN2O4. The number of methoxy groups -OCH3 is 1. The number of halogens is 1. The van der Waals surface area contributed by atoms with Gasteiger partial charge < -0.3 is 15.0 Å². The van der Waals surface area contributed by atoms with E-state index in [4.69, 9.17) is 16.3 Å². The van der Waals surface area contributed by atoms with Gasteiger partial charge in [0.25, 0.3) is 0 Å². The molecular weight excluding hydrogens is 356 g/mol. The number of nitrogens with one attached hydrogen (secondary N) is 1. The normalized spacial score (nSPS) is 16.5. The first-order valence-electron chi connectivity index (χ1n) is 8.03. The second kappa shape index (κ2) is 7.58. The van der Waals surface area contributed by atoms with E-state index in [1.54, 1.807) is 53.4 Å². The molecule has 2 amide bonds. The Labute approximate surface area is 155 Å². The van der Waals surface area contributed by atoms with Gasteiger partial charge in [0.2, 0.25) is 11.8 Å². The van der Waals surface area contributed by atoms with Crippen molar-refractivity contribution in [3.8, 4) is 0 Å². The Bertz CT molecular complexity index is 851. The van der Waals surface area contributed by atoms with Gasteiger partial charge in [-0.3, -0.25) is 9.59 Å². The number of amides is 2. The van der Waals surface area contributed by atoms with Crippen molar-refractivity contribution in [2.75, 3.05) is 23.9 Å². The minimum absolute atomic E-state index is 0.106. The number of para-hydroxylation sites is 1. The van der Waals surface area contributed by atoms with E-state index >= 15 is 0 Å². The van der Waals surface area contributed by atoms with Crippen molar-refractivity contribution >= 4 is 40.8 Å². The summed E-state index contributed by atoms with van der Waals surface area (Å²) in [6, 6.07) is 13.5. The van der Waals surface area contributed by atoms with Crippen molar-refractivity contribution in [2.45, 2.75) is 6.42 Å². The zero-order valence-corrected chi connectivity index (χ0v) is 14.8. The Morgan fingerprint density at radius 1 is 1.15 bits per heavy atom. The Morgan fingerprint density at radius 3 is 2.54 bits per heavy atom. The highest BCUT2D eigenvalue weighted by Crippen LogP contribution is 2.27. The lowest BCUT2D eigenvalue weighted by Gasteiger charge is -2.17. The van der Waals surface area contributed by atoms with Crippen LogP contribution in [0.4, 0.5) is 11.4 Å². The minimum Gasteiger partial charge on any atom is -0.465 e. The maximum absolute atomic E-state index is 12.6. The monoisotopic (exact) mass is 372 g/mol. The number of anilines is 2. The van der Waals surface area contributed by atoms with Crippen LogP contribution in [0, 0.1) is 5.92 Å². The van der Waals surface area contributed by atoms with Crippen LogP contribution >= 0.6 is 11.6 Å². The lowest BCUT2D eigenvalue weighted by molar-refractivity contribution is -0.122. The highest BCUT2D eigenvalue weighted by atomic mass is 35.5. The zero-order valence-electron chi connectivity index (χ0n) is 14.1. The molecule has 6 nitrogen and oxygen atoms in total. The third-order valence-corrected chi connectivity index (χ3v) is 4.48. The van der Waals surface area contributed by atoms with Gasteiger partial charge >= 0.3 is 5.97 Å². The molecule has 1 aliphatic rings. The van der Waals surface area contributed by atoms with Crippen LogP contribution in [-0.4, -0.2) is 31.4 Å². The van der Waals surface area contributed by atoms with Gasteiger partial charge in [-0.2, -0.15) is 0 Å². The van der Waals surface area contributed by atoms with Crippen molar-refractivity contribution in [2.24, 2.45) is 5.92 Å². The molecule has 0 aromatic heterocycles. The average Bonchev–Trinajstić information content (AvgIpc) is 3.04. The molecule has 0 radical (unpaired) electrons. The molecule has 1 atom stereocenters. The molecule has 0 saturated carbocycles. The van der Waals surface area contributed by atoms with E-state index in [1.807, 2.05) is 0 Å². The van der Waals surface area contributed by atoms with Crippen molar-refractivity contribution in [1.82, 2.24) is 0 Å². The average molecular weight is 373 g/mol. The van der Waals surface area contributed by atoms with Crippen LogP contribution in [0.5, 0.6) is 0 Å². The maximum Gasteiger partial charge on any atom is 0.339 e. The van der Waals surface area contributed by atoms with Crippen LogP contribution < -0.4 is 10.2 Å². The number of hydrogen-bond donors (Lipinski definition) is 1. The molecule has 0 spiro atoms. The predicted molar refractivity (Wildman–Crippen MR) is 98.3 cm³/mol.